The lowest BCUT2D eigenvalue weighted by Crippen LogP contribution is -2.35. The molecule has 0 unspecified atom stereocenters. The molecule has 1 aliphatic heterocycles. The molecule has 5 rings (SSSR count). The van der Waals surface area contributed by atoms with Gasteiger partial charge in [0.05, 0.1) is 17.9 Å². The van der Waals surface area contributed by atoms with E-state index in [4.69, 9.17) is 9.15 Å². The van der Waals surface area contributed by atoms with Crippen LogP contribution in [0.4, 0.5) is 8.78 Å². The van der Waals surface area contributed by atoms with E-state index in [1.165, 1.54) is 18.4 Å². The highest BCUT2D eigenvalue weighted by Gasteiger charge is 2.45. The monoisotopic (exact) mass is 463 g/mol. The van der Waals surface area contributed by atoms with Gasteiger partial charge in [-0.1, -0.05) is 12.1 Å². The molecule has 1 aliphatic carbocycles. The Morgan fingerprint density at radius 2 is 2.06 bits per heavy atom. The summed E-state index contributed by atoms with van der Waals surface area (Å²) in [5.74, 6) is -0.824. The first kappa shape index (κ1) is 21.0. The number of oxazole rings is 1. The maximum absolute atomic E-state index is 14.7. The van der Waals surface area contributed by atoms with E-state index in [1.54, 1.807) is 12.1 Å². The number of halogens is 2. The summed E-state index contributed by atoms with van der Waals surface area (Å²) in [6.45, 7) is -0.0574. The third-order valence-electron chi connectivity index (χ3n) is 6.05. The van der Waals surface area contributed by atoms with Gasteiger partial charge in [-0.15, -0.1) is 0 Å². The van der Waals surface area contributed by atoms with Crippen LogP contribution in [0.1, 0.15) is 38.0 Å². The minimum absolute atomic E-state index is 0. The van der Waals surface area contributed by atoms with Gasteiger partial charge in [0.2, 0.25) is 15.9 Å². The van der Waals surface area contributed by atoms with Crippen molar-refractivity contribution in [2.75, 3.05) is 6.26 Å². The van der Waals surface area contributed by atoms with Gasteiger partial charge < -0.3 is 9.15 Å². The lowest BCUT2D eigenvalue weighted by atomic mass is 9.80. The van der Waals surface area contributed by atoms with Crippen molar-refractivity contribution in [2.24, 2.45) is 0 Å². The van der Waals surface area contributed by atoms with Crippen molar-refractivity contribution in [3.8, 4) is 16.9 Å². The summed E-state index contributed by atoms with van der Waals surface area (Å²) in [7, 11) is -3.38. The summed E-state index contributed by atoms with van der Waals surface area (Å²) in [6.07, 6.45) is 5.74. The lowest BCUT2D eigenvalue weighted by molar-refractivity contribution is 0.286. The third-order valence-corrected chi connectivity index (χ3v) is 6.81. The number of hydrogen-bond acceptors (Lipinski definition) is 6. The summed E-state index contributed by atoms with van der Waals surface area (Å²) < 4.78 is 67.0. The van der Waals surface area contributed by atoms with Crippen molar-refractivity contribution in [1.82, 2.24) is 14.7 Å². The summed E-state index contributed by atoms with van der Waals surface area (Å²) in [6, 6.07) is 5.65. The Morgan fingerprint density at radius 1 is 1.22 bits per heavy atom. The van der Waals surface area contributed by atoms with Gasteiger partial charge in [-0.2, -0.15) is 0 Å². The Balaban J connectivity index is 0.00000259. The summed E-state index contributed by atoms with van der Waals surface area (Å²) in [4.78, 5) is 8.83. The highest BCUT2D eigenvalue weighted by molar-refractivity contribution is 7.88. The lowest BCUT2D eigenvalue weighted by Gasteiger charge is -2.26. The molecule has 3 heterocycles. The minimum atomic E-state index is -3.38. The number of nitrogens with zero attached hydrogens (tertiary/aromatic N) is 2. The SMILES string of the molecule is CS(=O)(=O)N[C@H]1CC[C@@]2(Cc3cc(c(F)cn3)-c3cccc(F)c3OCc3coc2n3)C1.[HH]. The zero-order valence-corrected chi connectivity index (χ0v) is 18.1. The van der Waals surface area contributed by atoms with Gasteiger partial charge in [0.25, 0.3) is 0 Å². The molecule has 1 spiro atoms. The van der Waals surface area contributed by atoms with Crippen LogP contribution in [0.5, 0.6) is 5.75 Å². The average Bonchev–Trinajstić information content (AvgIpc) is 3.35. The van der Waals surface area contributed by atoms with Crippen LogP contribution >= 0.6 is 0 Å². The first-order valence-corrected chi connectivity index (χ1v) is 12.1. The van der Waals surface area contributed by atoms with Gasteiger partial charge in [0.15, 0.2) is 11.6 Å². The van der Waals surface area contributed by atoms with Crippen molar-refractivity contribution in [3.63, 3.8) is 0 Å². The molecule has 2 aromatic heterocycles. The quantitative estimate of drug-likeness (QED) is 0.622. The molecule has 170 valence electrons. The second-order valence-corrected chi connectivity index (χ2v) is 10.3. The van der Waals surface area contributed by atoms with Crippen LogP contribution in [0.3, 0.4) is 0 Å². The van der Waals surface area contributed by atoms with Crippen LogP contribution in [0.25, 0.3) is 11.1 Å². The number of aromatic nitrogens is 2. The van der Waals surface area contributed by atoms with Crippen molar-refractivity contribution in [3.05, 3.63) is 65.6 Å². The van der Waals surface area contributed by atoms with Gasteiger partial charge in [-0.05, 0) is 31.4 Å². The van der Waals surface area contributed by atoms with Crippen LogP contribution in [0, 0.1) is 11.6 Å². The highest BCUT2D eigenvalue weighted by atomic mass is 32.2. The summed E-state index contributed by atoms with van der Waals surface area (Å²) in [5, 5.41) is 0. The number of rotatable bonds is 2. The van der Waals surface area contributed by atoms with E-state index in [0.717, 1.165) is 12.5 Å². The molecule has 0 amide bonds. The molecule has 2 aliphatic rings. The fraction of sp³-hybridized carbons (Fsp3) is 0.364. The van der Waals surface area contributed by atoms with Gasteiger partial charge in [0.1, 0.15) is 24.4 Å². The number of fused-ring (bicyclic) bond motifs is 7. The second kappa shape index (κ2) is 7.63. The zero-order valence-electron chi connectivity index (χ0n) is 17.3. The van der Waals surface area contributed by atoms with Gasteiger partial charge in [-0.3, -0.25) is 4.98 Å². The van der Waals surface area contributed by atoms with E-state index in [1.807, 2.05) is 0 Å². The van der Waals surface area contributed by atoms with Crippen LogP contribution in [-0.4, -0.2) is 30.7 Å². The Bertz CT molecular complexity index is 1300. The number of pyridine rings is 1. The zero-order chi connectivity index (χ0) is 22.5. The smallest absolute Gasteiger partial charge is 0.208 e. The summed E-state index contributed by atoms with van der Waals surface area (Å²) >= 11 is 0. The Labute approximate surface area is 185 Å². The third kappa shape index (κ3) is 3.88. The molecule has 10 heteroatoms. The highest BCUT2D eigenvalue weighted by Crippen LogP contribution is 2.44. The van der Waals surface area contributed by atoms with Gasteiger partial charge >= 0.3 is 0 Å². The van der Waals surface area contributed by atoms with Crippen LogP contribution < -0.4 is 9.46 Å². The van der Waals surface area contributed by atoms with Crippen molar-refractivity contribution in [2.45, 2.75) is 43.7 Å². The maximum Gasteiger partial charge on any atom is 0.208 e. The number of benzene rings is 1. The van der Waals surface area contributed by atoms with E-state index in [0.29, 0.717) is 43.0 Å². The normalized spacial score (nSPS) is 22.7. The molecular weight excluding hydrogens is 440 g/mol. The molecule has 0 saturated heterocycles. The number of hydrogen-bond donors (Lipinski definition) is 1. The molecule has 4 bridgehead atoms. The molecule has 1 N–H and O–H groups in total. The number of ether oxygens (including phenoxy) is 1. The van der Waals surface area contributed by atoms with E-state index >= 15 is 0 Å². The van der Waals surface area contributed by atoms with Crippen molar-refractivity contribution >= 4 is 10.0 Å². The Morgan fingerprint density at radius 3 is 2.88 bits per heavy atom. The number of para-hydroxylation sites is 1. The predicted molar refractivity (Wildman–Crippen MR) is 114 cm³/mol. The first-order valence-electron chi connectivity index (χ1n) is 10.2. The number of nitrogens with one attached hydrogen (secondary N) is 1. The van der Waals surface area contributed by atoms with E-state index in [9.17, 15) is 17.2 Å². The second-order valence-electron chi connectivity index (χ2n) is 8.49. The van der Waals surface area contributed by atoms with E-state index < -0.39 is 27.1 Å². The molecule has 32 heavy (non-hydrogen) atoms. The molecule has 2 atom stereocenters. The molecule has 1 fully saturated rings. The fourth-order valence-electron chi connectivity index (χ4n) is 4.72. The molecule has 0 radical (unpaired) electrons. The van der Waals surface area contributed by atoms with Crippen molar-refractivity contribution < 1.29 is 27.8 Å². The molecular formula is C22H23F2N3O4S. The predicted octanol–water partition coefficient (Wildman–Crippen LogP) is 3.74. The molecule has 1 aromatic carbocycles. The Kier molecular flexibility index (Phi) is 5.01. The van der Waals surface area contributed by atoms with Crippen molar-refractivity contribution in [1.29, 1.82) is 0 Å². The topological polar surface area (TPSA) is 94.3 Å². The maximum atomic E-state index is 14.7. The van der Waals surface area contributed by atoms with E-state index in [2.05, 4.69) is 14.7 Å². The van der Waals surface area contributed by atoms with Crippen LogP contribution in [-0.2, 0) is 28.5 Å². The van der Waals surface area contributed by atoms with E-state index in [-0.39, 0.29) is 31.0 Å². The van der Waals surface area contributed by atoms with Gasteiger partial charge in [0, 0.05) is 30.7 Å². The summed E-state index contributed by atoms with van der Waals surface area (Å²) in [5.41, 5.74) is 0.885. The largest absolute Gasteiger partial charge is 0.483 e. The standard InChI is InChI=1S/C22H21F2N3O4S.H2/c1-32(28,29)27-13-5-6-22(8-13)9-14-7-17(19(24)10-25-14)16-3-2-4-18(23)20(16)30-11-15-12-31-21(22)26-15;/h2-4,7,10,12-13,27H,5-6,8-9,11H2,1H3;1H/t13-,22-;/m0./s1. The van der Waals surface area contributed by atoms with Crippen LogP contribution in [0.15, 0.2) is 41.1 Å². The van der Waals surface area contributed by atoms with Gasteiger partial charge in [-0.25, -0.2) is 26.9 Å². The fourth-order valence-corrected chi connectivity index (χ4v) is 5.53. The van der Waals surface area contributed by atoms with Crippen LogP contribution in [0.2, 0.25) is 0 Å². The molecule has 3 aromatic rings. The Hall–Kier alpha value is -2.85. The number of sulfonamides is 1. The average molecular weight is 464 g/mol. The molecule has 1 saturated carbocycles. The first-order chi connectivity index (χ1) is 15.2. The minimum Gasteiger partial charge on any atom is -0.483 e. The molecule has 7 nitrogen and oxygen atoms in total.